The first-order valence-electron chi connectivity index (χ1n) is 6.60. The van der Waals surface area contributed by atoms with E-state index in [1.165, 1.54) is 12.8 Å². The second-order valence-corrected chi connectivity index (χ2v) is 5.87. The van der Waals surface area contributed by atoms with E-state index in [1.807, 2.05) is 25.5 Å². The van der Waals surface area contributed by atoms with Crippen LogP contribution in [0.2, 0.25) is 5.02 Å². The van der Waals surface area contributed by atoms with Crippen LogP contribution in [-0.4, -0.2) is 33.1 Å². The third-order valence-electron chi connectivity index (χ3n) is 3.35. The fourth-order valence-electron chi connectivity index (χ4n) is 2.11. The number of nitrogens with zero attached hydrogens (tertiary/aromatic N) is 2. The average Bonchev–Trinajstić information content (AvgIpc) is 3.10. The number of nitrogens with one attached hydrogen (secondary N) is 1. The molecular weight excluding hydrogens is 250 g/mol. The maximum atomic E-state index is 10.4. The fourth-order valence-corrected chi connectivity index (χ4v) is 2.31. The molecule has 0 bridgehead atoms. The predicted octanol–water partition coefficient (Wildman–Crippen LogP) is 1.91. The molecule has 1 unspecified atom stereocenters. The van der Waals surface area contributed by atoms with Gasteiger partial charge in [0, 0.05) is 25.6 Å². The lowest BCUT2D eigenvalue weighted by Gasteiger charge is -2.24. The van der Waals surface area contributed by atoms with E-state index < -0.39 is 5.60 Å². The Hall–Kier alpha value is -0.580. The number of aliphatic hydroxyl groups is 1. The Morgan fingerprint density at radius 2 is 2.22 bits per heavy atom. The molecule has 0 saturated heterocycles. The van der Waals surface area contributed by atoms with Gasteiger partial charge in [-0.1, -0.05) is 11.6 Å². The van der Waals surface area contributed by atoms with Crippen molar-refractivity contribution in [2.75, 3.05) is 6.54 Å². The topological polar surface area (TPSA) is 50.1 Å². The molecule has 5 heteroatoms. The summed E-state index contributed by atoms with van der Waals surface area (Å²) in [5, 5.41) is 18.9. The molecule has 1 saturated carbocycles. The van der Waals surface area contributed by atoms with Gasteiger partial charge in [-0.25, -0.2) is 0 Å². The largest absolute Gasteiger partial charge is 0.388 e. The van der Waals surface area contributed by atoms with Crippen molar-refractivity contribution in [1.29, 1.82) is 0 Å². The van der Waals surface area contributed by atoms with Crippen molar-refractivity contribution >= 4 is 11.6 Å². The third kappa shape index (κ3) is 3.25. The highest BCUT2D eigenvalue weighted by molar-refractivity contribution is 6.31. The van der Waals surface area contributed by atoms with Gasteiger partial charge in [0.2, 0.25) is 0 Å². The normalized spacial score (nSPS) is 18.9. The lowest BCUT2D eigenvalue weighted by atomic mass is 9.99. The van der Waals surface area contributed by atoms with E-state index in [2.05, 4.69) is 10.4 Å². The highest BCUT2D eigenvalue weighted by atomic mass is 35.5. The van der Waals surface area contributed by atoms with Crippen LogP contribution in [0.4, 0.5) is 0 Å². The third-order valence-corrected chi connectivity index (χ3v) is 3.84. The van der Waals surface area contributed by atoms with Gasteiger partial charge in [0.15, 0.2) is 0 Å². The predicted molar refractivity (Wildman–Crippen MR) is 73.0 cm³/mol. The molecule has 2 N–H and O–H groups in total. The van der Waals surface area contributed by atoms with Crippen molar-refractivity contribution < 1.29 is 5.11 Å². The van der Waals surface area contributed by atoms with E-state index in [4.69, 9.17) is 11.6 Å². The Bertz CT molecular complexity index is 424. The van der Waals surface area contributed by atoms with Crippen LogP contribution >= 0.6 is 11.6 Å². The molecular formula is C13H22ClN3O. The average molecular weight is 272 g/mol. The SMILES string of the molecule is CCn1nc(C)c(Cl)c1CC(C)(O)CNC1CC1. The summed E-state index contributed by atoms with van der Waals surface area (Å²) >= 11 is 6.26. The molecule has 102 valence electrons. The molecule has 4 nitrogen and oxygen atoms in total. The Morgan fingerprint density at radius 3 is 2.78 bits per heavy atom. The zero-order valence-corrected chi connectivity index (χ0v) is 12.1. The van der Waals surface area contributed by atoms with Crippen molar-refractivity contribution in [3.8, 4) is 0 Å². The number of rotatable bonds is 6. The summed E-state index contributed by atoms with van der Waals surface area (Å²) in [5.74, 6) is 0. The molecule has 0 spiro atoms. The van der Waals surface area contributed by atoms with Gasteiger partial charge in [0.25, 0.3) is 0 Å². The molecule has 1 aromatic heterocycles. The first kappa shape index (κ1) is 13.8. The van der Waals surface area contributed by atoms with Crippen LogP contribution < -0.4 is 5.32 Å². The van der Waals surface area contributed by atoms with Gasteiger partial charge >= 0.3 is 0 Å². The lowest BCUT2D eigenvalue weighted by Crippen LogP contribution is -2.41. The molecule has 1 aliphatic carbocycles. The number of aryl methyl sites for hydroxylation is 2. The molecule has 0 aliphatic heterocycles. The molecule has 2 rings (SSSR count). The minimum Gasteiger partial charge on any atom is -0.388 e. The number of halogens is 1. The van der Waals surface area contributed by atoms with Crippen molar-refractivity contribution in [1.82, 2.24) is 15.1 Å². The molecule has 1 atom stereocenters. The highest BCUT2D eigenvalue weighted by Crippen LogP contribution is 2.25. The van der Waals surface area contributed by atoms with Crippen molar-refractivity contribution in [3.05, 3.63) is 16.4 Å². The number of hydrogen-bond acceptors (Lipinski definition) is 3. The molecule has 1 fully saturated rings. The van der Waals surface area contributed by atoms with Gasteiger partial charge in [-0.15, -0.1) is 0 Å². The highest BCUT2D eigenvalue weighted by Gasteiger charge is 2.29. The zero-order chi connectivity index (χ0) is 13.3. The summed E-state index contributed by atoms with van der Waals surface area (Å²) in [5.41, 5.74) is 0.977. The van der Waals surface area contributed by atoms with E-state index in [0.717, 1.165) is 17.9 Å². The summed E-state index contributed by atoms with van der Waals surface area (Å²) in [6.07, 6.45) is 2.98. The summed E-state index contributed by atoms with van der Waals surface area (Å²) in [6.45, 7) is 7.15. The van der Waals surface area contributed by atoms with E-state index in [-0.39, 0.29) is 0 Å². The molecule has 0 amide bonds. The quantitative estimate of drug-likeness (QED) is 0.831. The second kappa shape index (κ2) is 5.19. The number of hydrogen-bond donors (Lipinski definition) is 2. The standard InChI is InChI=1S/C13H22ClN3O/c1-4-17-11(12(14)9(2)16-17)7-13(3,18)8-15-10-5-6-10/h10,15,18H,4-8H2,1-3H3. The Morgan fingerprint density at radius 1 is 1.56 bits per heavy atom. The Labute approximate surface area is 113 Å². The van der Waals surface area contributed by atoms with Gasteiger partial charge in [0.1, 0.15) is 0 Å². The Kier molecular flexibility index (Phi) is 3.99. The summed E-state index contributed by atoms with van der Waals surface area (Å²) < 4.78 is 1.88. The van der Waals surface area contributed by atoms with Gasteiger partial charge < -0.3 is 10.4 Å². The minimum atomic E-state index is -0.786. The minimum absolute atomic E-state index is 0.528. The first-order valence-corrected chi connectivity index (χ1v) is 6.98. The van der Waals surface area contributed by atoms with E-state index >= 15 is 0 Å². The summed E-state index contributed by atoms with van der Waals surface area (Å²) in [7, 11) is 0. The van der Waals surface area contributed by atoms with Crippen LogP contribution in [0.1, 0.15) is 38.1 Å². The van der Waals surface area contributed by atoms with Crippen LogP contribution in [0.3, 0.4) is 0 Å². The van der Waals surface area contributed by atoms with E-state index in [1.54, 1.807) is 0 Å². The van der Waals surface area contributed by atoms with Crippen LogP contribution in [0, 0.1) is 6.92 Å². The second-order valence-electron chi connectivity index (χ2n) is 5.49. The van der Waals surface area contributed by atoms with Crippen LogP contribution in [-0.2, 0) is 13.0 Å². The van der Waals surface area contributed by atoms with Crippen molar-refractivity contribution in [2.45, 2.75) is 58.2 Å². The van der Waals surface area contributed by atoms with Gasteiger partial charge in [-0.05, 0) is 33.6 Å². The van der Waals surface area contributed by atoms with E-state index in [9.17, 15) is 5.11 Å². The molecule has 18 heavy (non-hydrogen) atoms. The summed E-state index contributed by atoms with van der Waals surface area (Å²) in [6, 6.07) is 0.602. The zero-order valence-electron chi connectivity index (χ0n) is 11.3. The van der Waals surface area contributed by atoms with Gasteiger partial charge in [0.05, 0.1) is 22.0 Å². The van der Waals surface area contributed by atoms with Gasteiger partial charge in [-0.3, -0.25) is 4.68 Å². The number of aromatic nitrogens is 2. The maximum absolute atomic E-state index is 10.4. The summed E-state index contributed by atoms with van der Waals surface area (Å²) in [4.78, 5) is 0. The Balaban J connectivity index is 2.06. The van der Waals surface area contributed by atoms with Crippen LogP contribution in [0.25, 0.3) is 0 Å². The smallest absolute Gasteiger partial charge is 0.0848 e. The van der Waals surface area contributed by atoms with Crippen LogP contribution in [0.15, 0.2) is 0 Å². The fraction of sp³-hybridized carbons (Fsp3) is 0.769. The molecule has 1 aliphatic rings. The van der Waals surface area contributed by atoms with Crippen molar-refractivity contribution in [3.63, 3.8) is 0 Å². The van der Waals surface area contributed by atoms with Crippen molar-refractivity contribution in [2.24, 2.45) is 0 Å². The van der Waals surface area contributed by atoms with Crippen LogP contribution in [0.5, 0.6) is 0 Å². The monoisotopic (exact) mass is 271 g/mol. The van der Waals surface area contributed by atoms with Gasteiger partial charge in [-0.2, -0.15) is 5.10 Å². The maximum Gasteiger partial charge on any atom is 0.0848 e. The van der Waals surface area contributed by atoms with E-state index in [0.29, 0.717) is 24.0 Å². The lowest BCUT2D eigenvalue weighted by molar-refractivity contribution is 0.0577. The molecule has 0 radical (unpaired) electrons. The molecule has 1 aromatic rings. The molecule has 0 aromatic carbocycles. The first-order chi connectivity index (χ1) is 8.43. The molecule has 1 heterocycles.